The number of aryl methyl sites for hydroxylation is 1. The summed E-state index contributed by atoms with van der Waals surface area (Å²) in [6.07, 6.45) is 4.75. The number of nitrogens with zero attached hydrogens (tertiary/aromatic N) is 2. The highest BCUT2D eigenvalue weighted by atomic mass is 16.5. The molecule has 25 heavy (non-hydrogen) atoms. The van der Waals surface area contributed by atoms with Crippen LogP contribution in [-0.4, -0.2) is 54.4 Å². The first-order valence-electron chi connectivity index (χ1n) is 9.41. The van der Waals surface area contributed by atoms with Gasteiger partial charge in [-0.15, -0.1) is 0 Å². The number of carbonyl (C=O) groups excluding carboxylic acids is 2. The molecule has 0 aromatic heterocycles. The molecule has 0 radical (unpaired) electrons. The van der Waals surface area contributed by atoms with E-state index < -0.39 is 0 Å². The minimum atomic E-state index is -0.0155. The van der Waals surface area contributed by atoms with Crippen LogP contribution in [0.4, 0.5) is 0 Å². The Morgan fingerprint density at radius 2 is 1.52 bits per heavy atom. The summed E-state index contributed by atoms with van der Waals surface area (Å²) in [4.78, 5) is 28.0. The van der Waals surface area contributed by atoms with Gasteiger partial charge in [0, 0.05) is 32.6 Å². The Hall–Kier alpha value is -2.04. The second-order valence-electron chi connectivity index (χ2n) is 6.55. The Morgan fingerprint density at radius 3 is 2.08 bits per heavy atom. The normalized spacial score (nSPS) is 14.5. The van der Waals surface area contributed by atoms with Crippen molar-refractivity contribution in [3.05, 3.63) is 29.8 Å². The van der Waals surface area contributed by atoms with E-state index in [1.165, 1.54) is 5.56 Å². The molecule has 1 aliphatic rings. The van der Waals surface area contributed by atoms with Gasteiger partial charge in [0.15, 0.2) is 6.61 Å². The lowest BCUT2D eigenvalue weighted by molar-refractivity contribution is -0.140. The summed E-state index contributed by atoms with van der Waals surface area (Å²) in [7, 11) is 0. The second kappa shape index (κ2) is 10.1. The molecule has 1 aromatic rings. The zero-order valence-corrected chi connectivity index (χ0v) is 15.5. The molecule has 0 spiro atoms. The second-order valence-corrected chi connectivity index (χ2v) is 6.55. The molecule has 5 nitrogen and oxygen atoms in total. The molecule has 2 amide bonds. The third kappa shape index (κ3) is 6.07. The van der Waals surface area contributed by atoms with E-state index in [4.69, 9.17) is 4.74 Å². The molecular formula is C20H30N2O3. The Morgan fingerprint density at radius 1 is 0.920 bits per heavy atom. The summed E-state index contributed by atoms with van der Waals surface area (Å²) in [5.74, 6) is 0.914. The van der Waals surface area contributed by atoms with Crippen LogP contribution < -0.4 is 4.74 Å². The SMILES string of the molecule is CCCCC(=O)N1CCN(C(=O)COc2ccc(CCC)cc2)CC1. The maximum Gasteiger partial charge on any atom is 0.260 e. The molecule has 1 fully saturated rings. The molecule has 0 saturated carbocycles. The Bertz CT molecular complexity index is 549. The van der Waals surface area contributed by atoms with E-state index in [-0.39, 0.29) is 18.4 Å². The third-order valence-electron chi connectivity index (χ3n) is 4.55. The summed E-state index contributed by atoms with van der Waals surface area (Å²) in [5, 5.41) is 0. The molecule has 0 atom stereocenters. The molecular weight excluding hydrogens is 316 g/mol. The van der Waals surface area contributed by atoms with Gasteiger partial charge in [-0.05, 0) is 30.5 Å². The number of rotatable bonds is 8. The van der Waals surface area contributed by atoms with Gasteiger partial charge in [0.1, 0.15) is 5.75 Å². The number of amides is 2. The molecule has 1 aromatic carbocycles. The highest BCUT2D eigenvalue weighted by Gasteiger charge is 2.23. The maximum absolute atomic E-state index is 12.3. The van der Waals surface area contributed by atoms with E-state index in [1.54, 1.807) is 4.90 Å². The van der Waals surface area contributed by atoms with Crippen LogP contribution >= 0.6 is 0 Å². The number of unbranched alkanes of at least 4 members (excludes halogenated alkanes) is 1. The monoisotopic (exact) mass is 346 g/mol. The van der Waals surface area contributed by atoms with Crippen molar-refractivity contribution in [3.8, 4) is 5.75 Å². The van der Waals surface area contributed by atoms with Crippen LogP contribution in [0.1, 0.15) is 45.1 Å². The summed E-state index contributed by atoms with van der Waals surface area (Å²) < 4.78 is 5.61. The van der Waals surface area contributed by atoms with Gasteiger partial charge in [-0.25, -0.2) is 0 Å². The first-order chi connectivity index (χ1) is 12.1. The number of piperazine rings is 1. The fourth-order valence-electron chi connectivity index (χ4n) is 2.97. The van der Waals surface area contributed by atoms with E-state index in [1.807, 2.05) is 29.2 Å². The largest absolute Gasteiger partial charge is 0.484 e. The van der Waals surface area contributed by atoms with Crippen molar-refractivity contribution < 1.29 is 14.3 Å². The maximum atomic E-state index is 12.3. The van der Waals surface area contributed by atoms with Gasteiger partial charge in [0.05, 0.1) is 0 Å². The Balaban J connectivity index is 1.72. The fourth-order valence-corrected chi connectivity index (χ4v) is 2.97. The van der Waals surface area contributed by atoms with Gasteiger partial charge in [-0.3, -0.25) is 9.59 Å². The van der Waals surface area contributed by atoms with Crippen LogP contribution in [-0.2, 0) is 16.0 Å². The topological polar surface area (TPSA) is 49.9 Å². The van der Waals surface area contributed by atoms with Crippen LogP contribution in [0.25, 0.3) is 0 Å². The lowest BCUT2D eigenvalue weighted by atomic mass is 10.1. The quantitative estimate of drug-likeness (QED) is 0.727. The summed E-state index contributed by atoms with van der Waals surface area (Å²) in [5.41, 5.74) is 1.28. The number of hydrogen-bond donors (Lipinski definition) is 0. The highest BCUT2D eigenvalue weighted by Crippen LogP contribution is 2.14. The highest BCUT2D eigenvalue weighted by molar-refractivity contribution is 5.79. The van der Waals surface area contributed by atoms with Crippen molar-refractivity contribution >= 4 is 11.8 Å². The van der Waals surface area contributed by atoms with Gasteiger partial charge < -0.3 is 14.5 Å². The minimum absolute atomic E-state index is 0.0155. The van der Waals surface area contributed by atoms with Gasteiger partial charge >= 0.3 is 0 Å². The van der Waals surface area contributed by atoms with Crippen LogP contribution in [0, 0.1) is 0 Å². The number of benzene rings is 1. The number of hydrogen-bond acceptors (Lipinski definition) is 3. The van der Waals surface area contributed by atoms with Gasteiger partial charge in [0.25, 0.3) is 5.91 Å². The van der Waals surface area contributed by atoms with Crippen molar-refractivity contribution in [2.75, 3.05) is 32.8 Å². The fraction of sp³-hybridized carbons (Fsp3) is 0.600. The van der Waals surface area contributed by atoms with E-state index >= 15 is 0 Å². The first-order valence-corrected chi connectivity index (χ1v) is 9.41. The van der Waals surface area contributed by atoms with Crippen LogP contribution in [0.15, 0.2) is 24.3 Å². The minimum Gasteiger partial charge on any atom is -0.484 e. The summed E-state index contributed by atoms with van der Waals surface area (Å²) >= 11 is 0. The standard InChI is InChI=1S/C20H30N2O3/c1-3-5-7-19(23)21-12-14-22(15-13-21)20(24)16-25-18-10-8-17(6-4-2)9-11-18/h8-11H,3-7,12-16H2,1-2H3. The van der Waals surface area contributed by atoms with Crippen molar-refractivity contribution in [2.24, 2.45) is 0 Å². The average Bonchev–Trinajstić information content (AvgIpc) is 2.65. The first kappa shape index (κ1) is 19.3. The molecule has 5 heteroatoms. The van der Waals surface area contributed by atoms with Crippen LogP contribution in [0.2, 0.25) is 0 Å². The molecule has 0 aliphatic carbocycles. The molecule has 1 saturated heterocycles. The predicted octanol–water partition coefficient (Wildman–Crippen LogP) is 2.88. The van der Waals surface area contributed by atoms with Crippen LogP contribution in [0.5, 0.6) is 5.75 Å². The number of ether oxygens (including phenoxy) is 1. The average molecular weight is 346 g/mol. The molecule has 1 heterocycles. The Labute approximate surface area is 150 Å². The summed E-state index contributed by atoms with van der Waals surface area (Å²) in [6.45, 7) is 6.73. The van der Waals surface area contributed by atoms with Crippen molar-refractivity contribution in [1.29, 1.82) is 0 Å². The molecule has 0 unspecified atom stereocenters. The zero-order chi connectivity index (χ0) is 18.1. The smallest absolute Gasteiger partial charge is 0.260 e. The molecule has 0 N–H and O–H groups in total. The van der Waals surface area contributed by atoms with E-state index in [0.29, 0.717) is 32.6 Å². The van der Waals surface area contributed by atoms with Crippen LogP contribution in [0.3, 0.4) is 0 Å². The lowest BCUT2D eigenvalue weighted by Crippen LogP contribution is -2.51. The van der Waals surface area contributed by atoms with E-state index in [2.05, 4.69) is 13.8 Å². The zero-order valence-electron chi connectivity index (χ0n) is 15.5. The summed E-state index contributed by atoms with van der Waals surface area (Å²) in [6, 6.07) is 7.93. The predicted molar refractivity (Wildman–Crippen MR) is 98.6 cm³/mol. The molecule has 1 aliphatic heterocycles. The molecule has 138 valence electrons. The van der Waals surface area contributed by atoms with Gasteiger partial charge in [0.2, 0.25) is 5.91 Å². The van der Waals surface area contributed by atoms with Crippen molar-refractivity contribution in [3.63, 3.8) is 0 Å². The Kier molecular flexibility index (Phi) is 7.76. The van der Waals surface area contributed by atoms with Crippen molar-refractivity contribution in [2.45, 2.75) is 46.0 Å². The van der Waals surface area contributed by atoms with E-state index in [0.717, 1.165) is 31.4 Å². The van der Waals surface area contributed by atoms with Gasteiger partial charge in [-0.2, -0.15) is 0 Å². The molecule has 0 bridgehead atoms. The number of carbonyl (C=O) groups is 2. The van der Waals surface area contributed by atoms with Gasteiger partial charge in [-0.1, -0.05) is 38.8 Å². The molecule has 2 rings (SSSR count). The van der Waals surface area contributed by atoms with E-state index in [9.17, 15) is 9.59 Å². The third-order valence-corrected chi connectivity index (χ3v) is 4.55. The van der Waals surface area contributed by atoms with Crippen molar-refractivity contribution in [1.82, 2.24) is 9.80 Å². The lowest BCUT2D eigenvalue weighted by Gasteiger charge is -2.34.